The number of carbonyl (C=O) groups is 2. The quantitative estimate of drug-likeness (QED) is 0.609. The third kappa shape index (κ3) is 4.66. The molecule has 10 heteroatoms. The SMILES string of the molecule is O=C(COc1ccc(Cl)c(F)c1)NC12CC(C1)[C@@H](C(=O)NCc1c(F)cc(Cl)cc1F)C2. The molecule has 0 saturated heterocycles. The van der Waals surface area contributed by atoms with Crippen LogP contribution in [0.3, 0.4) is 0 Å². The van der Waals surface area contributed by atoms with Gasteiger partial charge in [0.2, 0.25) is 5.91 Å². The number of amides is 2. The van der Waals surface area contributed by atoms with Gasteiger partial charge < -0.3 is 15.4 Å². The fourth-order valence-corrected chi connectivity index (χ4v) is 4.85. The smallest absolute Gasteiger partial charge is 0.258 e. The van der Waals surface area contributed by atoms with Gasteiger partial charge in [0.05, 0.1) is 5.02 Å². The maximum atomic E-state index is 13.9. The third-order valence-corrected chi connectivity index (χ3v) is 6.56. The molecule has 3 fully saturated rings. The molecule has 1 atom stereocenters. The standard InChI is InChI=1S/C22H19Cl2F3N2O3/c23-12-3-17(25)15(18(26)4-12)9-28-21(31)14-8-22(6-11(14)7-22)29-20(30)10-32-13-1-2-16(24)19(27)5-13/h1-5,11,14H,6-10H2,(H,28,31)(H,29,30)/t11?,14-,22?/m0/s1. The van der Waals surface area contributed by atoms with Gasteiger partial charge in [-0.15, -0.1) is 0 Å². The minimum absolute atomic E-state index is 0.0435. The lowest BCUT2D eigenvalue weighted by Crippen LogP contribution is -2.53. The topological polar surface area (TPSA) is 67.4 Å². The number of carbonyl (C=O) groups excluding carboxylic acids is 2. The second kappa shape index (κ2) is 8.83. The molecular weight excluding hydrogens is 468 g/mol. The van der Waals surface area contributed by atoms with Crippen LogP contribution in [-0.2, 0) is 16.1 Å². The highest BCUT2D eigenvalue weighted by Crippen LogP contribution is 2.55. The van der Waals surface area contributed by atoms with Gasteiger partial charge in [-0.1, -0.05) is 23.2 Å². The summed E-state index contributed by atoms with van der Waals surface area (Å²) in [6.45, 7) is -0.596. The van der Waals surface area contributed by atoms with Gasteiger partial charge in [-0.2, -0.15) is 0 Å². The second-order valence-corrected chi connectivity index (χ2v) is 9.08. The Morgan fingerprint density at radius 2 is 1.72 bits per heavy atom. The zero-order valence-corrected chi connectivity index (χ0v) is 18.2. The van der Waals surface area contributed by atoms with Crippen molar-refractivity contribution < 1.29 is 27.5 Å². The number of rotatable bonds is 7. The molecule has 0 heterocycles. The lowest BCUT2D eigenvalue weighted by molar-refractivity contribution is -0.126. The molecule has 5 rings (SSSR count). The van der Waals surface area contributed by atoms with Crippen molar-refractivity contribution in [1.29, 1.82) is 0 Å². The van der Waals surface area contributed by atoms with Crippen molar-refractivity contribution in [2.45, 2.75) is 31.3 Å². The summed E-state index contributed by atoms with van der Waals surface area (Å²) in [5.41, 5.74) is -0.762. The molecule has 2 bridgehead atoms. The molecular formula is C22H19Cl2F3N2O3. The van der Waals surface area contributed by atoms with Crippen molar-refractivity contribution >= 4 is 35.0 Å². The fourth-order valence-electron chi connectivity index (χ4n) is 4.54. The number of hydrogen-bond donors (Lipinski definition) is 2. The first-order valence-corrected chi connectivity index (χ1v) is 10.7. The fraction of sp³-hybridized carbons (Fsp3) is 0.364. The van der Waals surface area contributed by atoms with Gasteiger partial charge in [0.1, 0.15) is 23.2 Å². The van der Waals surface area contributed by atoms with Crippen molar-refractivity contribution in [3.63, 3.8) is 0 Å². The molecule has 0 radical (unpaired) electrons. The van der Waals surface area contributed by atoms with Crippen LogP contribution < -0.4 is 15.4 Å². The van der Waals surface area contributed by atoms with E-state index in [4.69, 9.17) is 27.9 Å². The molecule has 2 N–H and O–H groups in total. The van der Waals surface area contributed by atoms with Gasteiger partial charge in [0.25, 0.3) is 5.91 Å². The first-order valence-electron chi connectivity index (χ1n) is 9.96. The Labute approximate surface area is 192 Å². The number of benzene rings is 2. The molecule has 2 aromatic carbocycles. The van der Waals surface area contributed by atoms with E-state index in [1.165, 1.54) is 12.1 Å². The Morgan fingerprint density at radius 1 is 1.03 bits per heavy atom. The number of halogens is 5. The maximum Gasteiger partial charge on any atom is 0.258 e. The van der Waals surface area contributed by atoms with Gasteiger partial charge in [0, 0.05) is 34.7 Å². The normalized spacial score (nSPS) is 23.4. The van der Waals surface area contributed by atoms with Crippen LogP contribution in [0.4, 0.5) is 13.2 Å². The Hall–Kier alpha value is -2.45. The molecule has 3 aliphatic rings. The summed E-state index contributed by atoms with van der Waals surface area (Å²) in [4.78, 5) is 24.9. The first-order chi connectivity index (χ1) is 15.2. The van der Waals surface area contributed by atoms with Crippen LogP contribution in [0.2, 0.25) is 10.0 Å². The predicted molar refractivity (Wildman–Crippen MR) is 112 cm³/mol. The van der Waals surface area contributed by atoms with E-state index in [2.05, 4.69) is 10.6 Å². The number of fused-ring (bicyclic) bond motifs is 1. The average molecular weight is 487 g/mol. The van der Waals surface area contributed by atoms with Crippen molar-refractivity contribution in [2.75, 3.05) is 6.61 Å². The van der Waals surface area contributed by atoms with E-state index in [9.17, 15) is 22.8 Å². The largest absolute Gasteiger partial charge is 0.484 e. The number of nitrogens with one attached hydrogen (secondary N) is 2. The molecule has 3 aliphatic carbocycles. The van der Waals surface area contributed by atoms with E-state index in [-0.39, 0.29) is 58.2 Å². The second-order valence-electron chi connectivity index (χ2n) is 8.24. The molecule has 0 aromatic heterocycles. The highest BCUT2D eigenvalue weighted by atomic mass is 35.5. The molecule has 170 valence electrons. The minimum Gasteiger partial charge on any atom is -0.484 e. The molecule has 0 aliphatic heterocycles. The summed E-state index contributed by atoms with van der Waals surface area (Å²) in [7, 11) is 0. The lowest BCUT2D eigenvalue weighted by Gasteiger charge is -2.39. The molecule has 0 spiro atoms. The maximum absolute atomic E-state index is 13.9. The van der Waals surface area contributed by atoms with Gasteiger partial charge >= 0.3 is 0 Å². The lowest BCUT2D eigenvalue weighted by atomic mass is 9.76. The molecule has 32 heavy (non-hydrogen) atoms. The van der Waals surface area contributed by atoms with Crippen molar-refractivity contribution in [1.82, 2.24) is 10.6 Å². The van der Waals surface area contributed by atoms with E-state index >= 15 is 0 Å². The van der Waals surface area contributed by atoms with Crippen LogP contribution in [0.15, 0.2) is 30.3 Å². The van der Waals surface area contributed by atoms with E-state index in [1.807, 2.05) is 0 Å². The molecule has 3 saturated carbocycles. The average Bonchev–Trinajstić information content (AvgIpc) is 3.23. The van der Waals surface area contributed by atoms with E-state index < -0.39 is 23.0 Å². The van der Waals surface area contributed by atoms with Gasteiger partial charge in [0.15, 0.2) is 6.61 Å². The van der Waals surface area contributed by atoms with Crippen LogP contribution in [0.1, 0.15) is 24.8 Å². The molecule has 5 nitrogen and oxygen atoms in total. The Kier molecular flexibility index (Phi) is 6.27. The van der Waals surface area contributed by atoms with Crippen molar-refractivity contribution in [3.05, 3.63) is 63.4 Å². The van der Waals surface area contributed by atoms with E-state index in [0.717, 1.165) is 18.2 Å². The highest BCUT2D eigenvalue weighted by molar-refractivity contribution is 6.31. The monoisotopic (exact) mass is 486 g/mol. The van der Waals surface area contributed by atoms with Crippen LogP contribution in [0, 0.1) is 29.3 Å². The Balaban J connectivity index is 1.27. The number of hydrogen-bond acceptors (Lipinski definition) is 3. The van der Waals surface area contributed by atoms with Crippen molar-refractivity contribution in [2.24, 2.45) is 11.8 Å². The number of ether oxygens (including phenoxy) is 1. The summed E-state index contributed by atoms with van der Waals surface area (Å²) >= 11 is 11.2. The Bertz CT molecular complexity index is 1050. The molecule has 0 unspecified atom stereocenters. The third-order valence-electron chi connectivity index (χ3n) is 6.03. The Morgan fingerprint density at radius 3 is 2.38 bits per heavy atom. The van der Waals surface area contributed by atoms with E-state index in [0.29, 0.717) is 19.3 Å². The highest BCUT2D eigenvalue weighted by Gasteiger charge is 2.58. The van der Waals surface area contributed by atoms with Crippen molar-refractivity contribution in [3.8, 4) is 5.75 Å². The summed E-state index contributed by atoms with van der Waals surface area (Å²) in [5, 5.41) is 5.38. The summed E-state index contributed by atoms with van der Waals surface area (Å²) in [6.07, 6.45) is 1.70. The molecule has 2 aromatic rings. The van der Waals surface area contributed by atoms with Crippen LogP contribution in [0.25, 0.3) is 0 Å². The van der Waals surface area contributed by atoms with Gasteiger partial charge in [-0.25, -0.2) is 13.2 Å². The van der Waals surface area contributed by atoms with E-state index in [1.54, 1.807) is 0 Å². The summed E-state index contributed by atoms with van der Waals surface area (Å²) < 4.78 is 46.6. The summed E-state index contributed by atoms with van der Waals surface area (Å²) in [6, 6.07) is 5.86. The van der Waals surface area contributed by atoms with Crippen LogP contribution >= 0.6 is 23.2 Å². The van der Waals surface area contributed by atoms with Gasteiger partial charge in [-0.05, 0) is 49.4 Å². The predicted octanol–water partition coefficient (Wildman–Crippen LogP) is 4.39. The molecule has 2 amide bonds. The van der Waals surface area contributed by atoms with Crippen LogP contribution in [-0.4, -0.2) is 24.0 Å². The minimum atomic E-state index is -0.824. The first kappa shape index (κ1) is 22.7. The van der Waals surface area contributed by atoms with Crippen LogP contribution in [0.5, 0.6) is 5.75 Å². The summed E-state index contributed by atoms with van der Waals surface area (Å²) in [5.74, 6) is -3.09. The zero-order chi connectivity index (χ0) is 23.0. The zero-order valence-electron chi connectivity index (χ0n) is 16.7. The van der Waals surface area contributed by atoms with Gasteiger partial charge in [-0.3, -0.25) is 9.59 Å².